The van der Waals surface area contributed by atoms with Gasteiger partial charge in [-0.2, -0.15) is 0 Å². The highest BCUT2D eigenvalue weighted by Crippen LogP contribution is 2.35. The lowest BCUT2D eigenvalue weighted by molar-refractivity contribution is 0.102. The van der Waals surface area contributed by atoms with Crippen molar-refractivity contribution in [2.75, 3.05) is 29.2 Å². The van der Waals surface area contributed by atoms with E-state index in [2.05, 4.69) is 5.32 Å². The van der Waals surface area contributed by atoms with Gasteiger partial charge in [-0.05, 0) is 36.2 Å². The molecule has 0 aromatic heterocycles. The molecule has 0 aliphatic carbocycles. The number of carbonyl (C=O) groups excluding carboxylic acids is 1. The SMILES string of the molecule is CS(=O)(=O)N1CCc2ccc(C(=O)Nc3ccc4c(c3)OCO4)cc21. The lowest BCUT2D eigenvalue weighted by Gasteiger charge is -2.17. The molecule has 2 aliphatic heterocycles. The molecule has 2 aromatic carbocycles. The van der Waals surface area contributed by atoms with Crippen molar-refractivity contribution < 1.29 is 22.7 Å². The van der Waals surface area contributed by atoms with Crippen LogP contribution < -0.4 is 19.1 Å². The summed E-state index contributed by atoms with van der Waals surface area (Å²) in [5.74, 6) is 0.899. The zero-order chi connectivity index (χ0) is 17.6. The second-order valence-corrected chi connectivity index (χ2v) is 7.86. The Morgan fingerprint density at radius 2 is 1.92 bits per heavy atom. The van der Waals surface area contributed by atoms with E-state index in [0.717, 1.165) is 5.56 Å². The Labute approximate surface area is 145 Å². The number of nitrogens with one attached hydrogen (secondary N) is 1. The topological polar surface area (TPSA) is 84.9 Å². The summed E-state index contributed by atoms with van der Waals surface area (Å²) < 4.78 is 35.6. The van der Waals surface area contributed by atoms with Gasteiger partial charge in [0.2, 0.25) is 16.8 Å². The predicted octanol–water partition coefficient (Wildman–Crippen LogP) is 1.99. The first-order valence-corrected chi connectivity index (χ1v) is 9.58. The maximum atomic E-state index is 12.5. The molecule has 1 N–H and O–H groups in total. The van der Waals surface area contributed by atoms with Gasteiger partial charge in [0, 0.05) is 23.9 Å². The Kier molecular flexibility index (Phi) is 3.57. The monoisotopic (exact) mass is 360 g/mol. The summed E-state index contributed by atoms with van der Waals surface area (Å²) in [5.41, 5.74) is 2.47. The molecule has 2 aliphatic rings. The third-order valence-corrected chi connectivity index (χ3v) is 5.41. The molecule has 25 heavy (non-hydrogen) atoms. The molecule has 0 atom stereocenters. The molecule has 7 nitrogen and oxygen atoms in total. The van der Waals surface area contributed by atoms with Gasteiger partial charge in [0.25, 0.3) is 5.91 Å². The summed E-state index contributed by atoms with van der Waals surface area (Å²) >= 11 is 0. The number of benzene rings is 2. The van der Waals surface area contributed by atoms with Crippen LogP contribution in [0.3, 0.4) is 0 Å². The second-order valence-electron chi connectivity index (χ2n) is 5.95. The van der Waals surface area contributed by atoms with E-state index in [0.29, 0.717) is 41.4 Å². The molecule has 4 rings (SSSR count). The predicted molar refractivity (Wildman–Crippen MR) is 92.9 cm³/mol. The highest BCUT2D eigenvalue weighted by atomic mass is 32.2. The normalized spacial score (nSPS) is 15.2. The summed E-state index contributed by atoms with van der Waals surface area (Å²) in [6.45, 7) is 0.570. The average Bonchev–Trinajstić information content (AvgIpc) is 3.19. The van der Waals surface area contributed by atoms with E-state index < -0.39 is 10.0 Å². The van der Waals surface area contributed by atoms with Gasteiger partial charge < -0.3 is 14.8 Å². The van der Waals surface area contributed by atoms with E-state index in [1.165, 1.54) is 10.6 Å². The van der Waals surface area contributed by atoms with E-state index in [1.54, 1.807) is 36.4 Å². The number of carbonyl (C=O) groups is 1. The second kappa shape index (κ2) is 5.66. The van der Waals surface area contributed by atoms with E-state index >= 15 is 0 Å². The average molecular weight is 360 g/mol. The molecular formula is C17H16N2O5S. The van der Waals surface area contributed by atoms with Crippen molar-refractivity contribution in [2.24, 2.45) is 0 Å². The molecule has 0 saturated heterocycles. The largest absolute Gasteiger partial charge is 0.454 e. The van der Waals surface area contributed by atoms with Crippen molar-refractivity contribution in [1.82, 2.24) is 0 Å². The van der Waals surface area contributed by atoms with Crippen LogP contribution in [0.25, 0.3) is 0 Å². The molecule has 0 radical (unpaired) electrons. The molecule has 130 valence electrons. The van der Waals surface area contributed by atoms with Crippen LogP contribution in [-0.4, -0.2) is 33.9 Å². The molecular weight excluding hydrogens is 344 g/mol. The van der Waals surface area contributed by atoms with Gasteiger partial charge in [-0.1, -0.05) is 6.07 Å². The number of fused-ring (bicyclic) bond motifs is 2. The smallest absolute Gasteiger partial charge is 0.255 e. The van der Waals surface area contributed by atoms with E-state index in [1.807, 2.05) is 0 Å². The van der Waals surface area contributed by atoms with Gasteiger partial charge in [-0.15, -0.1) is 0 Å². The summed E-state index contributed by atoms with van der Waals surface area (Å²) in [7, 11) is -3.35. The number of ether oxygens (including phenoxy) is 2. The van der Waals surface area contributed by atoms with Crippen LogP contribution in [0, 0.1) is 0 Å². The number of nitrogens with zero attached hydrogens (tertiary/aromatic N) is 1. The first-order chi connectivity index (χ1) is 11.9. The Balaban J connectivity index is 1.59. The van der Waals surface area contributed by atoms with Crippen LogP contribution in [0.15, 0.2) is 36.4 Å². The molecule has 0 fully saturated rings. The molecule has 0 unspecified atom stereocenters. The summed E-state index contributed by atoms with van der Waals surface area (Å²) in [6.07, 6.45) is 1.81. The molecule has 0 saturated carbocycles. The minimum atomic E-state index is -3.35. The Hall–Kier alpha value is -2.74. The van der Waals surface area contributed by atoms with E-state index in [4.69, 9.17) is 9.47 Å². The molecule has 1 amide bonds. The first-order valence-electron chi connectivity index (χ1n) is 7.73. The Morgan fingerprint density at radius 1 is 1.12 bits per heavy atom. The van der Waals surface area contributed by atoms with Gasteiger partial charge in [-0.3, -0.25) is 9.10 Å². The van der Waals surface area contributed by atoms with Gasteiger partial charge in [0.05, 0.1) is 11.9 Å². The number of rotatable bonds is 3. The number of hydrogen-bond acceptors (Lipinski definition) is 5. The maximum Gasteiger partial charge on any atom is 0.255 e. The highest BCUT2D eigenvalue weighted by molar-refractivity contribution is 7.92. The fourth-order valence-electron chi connectivity index (χ4n) is 3.01. The Bertz CT molecular complexity index is 971. The van der Waals surface area contributed by atoms with Gasteiger partial charge in [-0.25, -0.2) is 8.42 Å². The van der Waals surface area contributed by atoms with Gasteiger partial charge in [0.15, 0.2) is 11.5 Å². The molecule has 8 heteroatoms. The highest BCUT2D eigenvalue weighted by Gasteiger charge is 2.27. The quantitative estimate of drug-likeness (QED) is 0.905. The maximum absolute atomic E-state index is 12.5. The Morgan fingerprint density at radius 3 is 2.72 bits per heavy atom. The van der Waals surface area contributed by atoms with Crippen molar-refractivity contribution in [3.05, 3.63) is 47.5 Å². The van der Waals surface area contributed by atoms with Crippen molar-refractivity contribution in [1.29, 1.82) is 0 Å². The van der Waals surface area contributed by atoms with Crippen LogP contribution in [-0.2, 0) is 16.4 Å². The third-order valence-electron chi connectivity index (χ3n) is 4.23. The molecule has 0 bridgehead atoms. The van der Waals surface area contributed by atoms with Crippen LogP contribution in [0.5, 0.6) is 11.5 Å². The van der Waals surface area contributed by atoms with E-state index in [9.17, 15) is 13.2 Å². The number of anilines is 2. The van der Waals surface area contributed by atoms with Crippen molar-refractivity contribution in [3.63, 3.8) is 0 Å². The molecule has 0 spiro atoms. The summed E-state index contributed by atoms with van der Waals surface area (Å²) in [6, 6.07) is 10.3. The summed E-state index contributed by atoms with van der Waals surface area (Å²) in [4.78, 5) is 12.5. The van der Waals surface area contributed by atoms with Gasteiger partial charge >= 0.3 is 0 Å². The minimum Gasteiger partial charge on any atom is -0.454 e. The van der Waals surface area contributed by atoms with Crippen LogP contribution in [0.1, 0.15) is 15.9 Å². The van der Waals surface area contributed by atoms with Crippen LogP contribution >= 0.6 is 0 Å². The van der Waals surface area contributed by atoms with Gasteiger partial charge in [0.1, 0.15) is 0 Å². The summed E-state index contributed by atoms with van der Waals surface area (Å²) in [5, 5.41) is 2.79. The third kappa shape index (κ3) is 2.89. The minimum absolute atomic E-state index is 0.166. The zero-order valence-electron chi connectivity index (χ0n) is 13.5. The number of sulfonamides is 1. The number of hydrogen-bond donors (Lipinski definition) is 1. The van der Waals surface area contributed by atoms with Crippen LogP contribution in [0.4, 0.5) is 11.4 Å². The lowest BCUT2D eigenvalue weighted by Crippen LogP contribution is -2.27. The fourth-order valence-corrected chi connectivity index (χ4v) is 3.96. The van der Waals surface area contributed by atoms with E-state index in [-0.39, 0.29) is 12.7 Å². The van der Waals surface area contributed by atoms with Crippen molar-refractivity contribution in [2.45, 2.75) is 6.42 Å². The first kappa shape index (κ1) is 15.8. The molecule has 2 heterocycles. The van der Waals surface area contributed by atoms with Crippen molar-refractivity contribution in [3.8, 4) is 11.5 Å². The lowest BCUT2D eigenvalue weighted by atomic mass is 10.1. The fraction of sp³-hybridized carbons (Fsp3) is 0.235. The van der Waals surface area contributed by atoms with Crippen LogP contribution in [0.2, 0.25) is 0 Å². The number of amides is 1. The van der Waals surface area contributed by atoms with Crippen molar-refractivity contribution >= 4 is 27.3 Å². The molecule has 2 aromatic rings. The zero-order valence-corrected chi connectivity index (χ0v) is 14.3. The standard InChI is InChI=1S/C17H16N2O5S/c1-25(21,22)19-7-6-11-2-3-12(8-14(11)19)17(20)18-13-4-5-15-16(9-13)24-10-23-15/h2-5,8-9H,6-7,10H2,1H3,(H,18,20).